The summed E-state index contributed by atoms with van der Waals surface area (Å²) in [5, 5.41) is 1.88. The monoisotopic (exact) mass is 1200 g/mol. The maximum atomic E-state index is 17.5. The molecular weight excluding hydrogens is 1120 g/mol. The van der Waals surface area contributed by atoms with Crippen LogP contribution in [0.5, 0.6) is 0 Å². The number of carbonyl (C=O) groups excluding carboxylic acids is 2. The van der Waals surface area contributed by atoms with Crippen LogP contribution in [0.15, 0.2) is 254 Å². The number of carbonyl (C=O) groups is 2. The highest BCUT2D eigenvalue weighted by atomic mass is 16.2. The predicted molar refractivity (Wildman–Crippen MR) is 376 cm³/mol. The Morgan fingerprint density at radius 1 is 0.359 bits per heavy atom. The third kappa shape index (κ3) is 8.26. The van der Waals surface area contributed by atoms with Gasteiger partial charge in [0.25, 0.3) is 11.8 Å². The summed E-state index contributed by atoms with van der Waals surface area (Å²) < 4.78 is 4.38. The van der Waals surface area contributed by atoms with E-state index in [9.17, 15) is 0 Å². The Labute approximate surface area is 539 Å². The molecule has 2 aliphatic heterocycles. The number of amides is 2. The third-order valence-corrected chi connectivity index (χ3v) is 21.0. The number of hydrogen-bond donors (Lipinski definition) is 0. The number of nitrogens with zero attached hydrogens (tertiary/aromatic N) is 5. The molecule has 16 rings (SSSR count). The number of anilines is 3. The van der Waals surface area contributed by atoms with Crippen LogP contribution in [0.3, 0.4) is 0 Å². The standard InChI is InChI=1S/C85H73N5O2/c1-9-53-29-37-57(38-30-53)77(58-39-31-54(10-2)32-40-58)59-41-47-67-69(51-86(7)75(67)49-59)80-78-79(83(92)89(80)84(5)71-25-17-13-21-63(71)64-22-14-18-26-72(64)84)81(90(82(78)91)85(6)73-27-19-15-23-65(73)66-24-16-20-28-74(66)85)70-52-87(8)76-50-62(46-48-68(70)76)88(60-42-33-55(11-3)34-43-60)61-44-35-56(12-4)36-45-61/h13-52,77H,9-12H2,1-8H3. The van der Waals surface area contributed by atoms with Crippen LogP contribution in [0.25, 0.3) is 55.5 Å². The zero-order chi connectivity index (χ0) is 62.9. The van der Waals surface area contributed by atoms with Crippen LogP contribution in [0.2, 0.25) is 0 Å². The first-order valence-electron chi connectivity index (χ1n) is 32.8. The molecular formula is C85H73N5O2. The van der Waals surface area contributed by atoms with E-state index < -0.39 is 11.1 Å². The van der Waals surface area contributed by atoms with Gasteiger partial charge in [-0.3, -0.25) is 19.4 Å². The van der Waals surface area contributed by atoms with Gasteiger partial charge in [-0.2, -0.15) is 0 Å². The fourth-order valence-electron chi connectivity index (χ4n) is 16.2. The molecule has 0 unspecified atom stereocenters. The summed E-state index contributed by atoms with van der Waals surface area (Å²) in [6.45, 7) is 13.2. The van der Waals surface area contributed by atoms with Crippen molar-refractivity contribution in [3.05, 3.63) is 326 Å². The molecule has 7 nitrogen and oxygen atoms in total. The van der Waals surface area contributed by atoms with Crippen molar-refractivity contribution in [2.75, 3.05) is 4.90 Å². The minimum absolute atomic E-state index is 0.0499. The highest BCUT2D eigenvalue weighted by Gasteiger charge is 2.61. The van der Waals surface area contributed by atoms with Crippen LogP contribution in [0, 0.1) is 0 Å². The van der Waals surface area contributed by atoms with E-state index in [1.807, 2.05) is 9.80 Å². The number of rotatable bonds is 14. The van der Waals surface area contributed by atoms with Gasteiger partial charge in [0, 0.05) is 76.9 Å². The third-order valence-electron chi connectivity index (χ3n) is 21.0. The Morgan fingerprint density at radius 2 is 0.674 bits per heavy atom. The van der Waals surface area contributed by atoms with Crippen LogP contribution in [0.1, 0.15) is 120 Å². The molecule has 12 aromatic rings. The Morgan fingerprint density at radius 3 is 1.04 bits per heavy atom. The second-order valence-electron chi connectivity index (χ2n) is 25.8. The second kappa shape index (κ2) is 21.6. The van der Waals surface area contributed by atoms with Gasteiger partial charge in [0.15, 0.2) is 0 Å². The summed E-state index contributed by atoms with van der Waals surface area (Å²) in [6.07, 6.45) is 8.15. The van der Waals surface area contributed by atoms with Crippen molar-refractivity contribution in [3.8, 4) is 22.3 Å². The van der Waals surface area contributed by atoms with E-state index in [-0.39, 0.29) is 17.7 Å². The SMILES string of the molecule is CCc1ccc(C(c2ccc(CC)cc2)c2ccc3c(C4=C5C(=O)N(C6(C)c7ccccc7-c7ccccc76)C(c6cn(C)c7cc(N(c8ccc(CC)cc8)c8ccc(CC)cc8)ccc67)=C5C(=O)N4C4(C)c5ccccc5-c5ccccc54)cn(C)c3c2)cc1. The molecule has 7 heteroatoms. The van der Waals surface area contributed by atoms with Gasteiger partial charge in [-0.05, 0) is 165 Å². The first kappa shape index (κ1) is 56.7. The summed E-state index contributed by atoms with van der Waals surface area (Å²) in [4.78, 5) is 41.3. The van der Waals surface area contributed by atoms with Crippen molar-refractivity contribution >= 4 is 62.1 Å². The molecule has 92 heavy (non-hydrogen) atoms. The van der Waals surface area contributed by atoms with Gasteiger partial charge >= 0.3 is 0 Å². The number of fused-ring (bicyclic) bond motifs is 9. The van der Waals surface area contributed by atoms with E-state index in [1.54, 1.807) is 0 Å². The van der Waals surface area contributed by atoms with Crippen LogP contribution >= 0.6 is 0 Å². The Hall–Kier alpha value is -10.5. The Kier molecular flexibility index (Phi) is 13.3. The van der Waals surface area contributed by atoms with Gasteiger partial charge in [-0.25, -0.2) is 0 Å². The summed E-state index contributed by atoms with van der Waals surface area (Å²) >= 11 is 0. The predicted octanol–water partition coefficient (Wildman–Crippen LogP) is 19.3. The smallest absolute Gasteiger partial charge is 0.262 e. The molecule has 0 radical (unpaired) electrons. The van der Waals surface area contributed by atoms with Crippen molar-refractivity contribution in [2.45, 2.75) is 84.2 Å². The lowest BCUT2D eigenvalue weighted by molar-refractivity contribution is -0.127. The molecule has 0 saturated heterocycles. The van der Waals surface area contributed by atoms with Gasteiger partial charge in [-0.15, -0.1) is 0 Å². The fraction of sp³-hybridized carbons (Fsp3) is 0.176. The maximum Gasteiger partial charge on any atom is 0.262 e. The number of benzene rings is 10. The molecule has 0 fully saturated rings. The minimum atomic E-state index is -1.06. The van der Waals surface area contributed by atoms with E-state index in [0.29, 0.717) is 22.5 Å². The van der Waals surface area contributed by atoms with Crippen molar-refractivity contribution in [1.82, 2.24) is 18.9 Å². The molecule has 4 aliphatic rings. The summed E-state index contributed by atoms with van der Waals surface area (Å²) in [5.74, 6) is -0.488. The van der Waals surface area contributed by atoms with E-state index in [2.05, 4.69) is 313 Å². The maximum absolute atomic E-state index is 17.5. The average molecular weight is 1200 g/mol. The molecule has 2 aliphatic carbocycles. The zero-order valence-corrected chi connectivity index (χ0v) is 53.6. The molecule has 0 atom stereocenters. The van der Waals surface area contributed by atoms with Crippen LogP contribution < -0.4 is 4.90 Å². The van der Waals surface area contributed by atoms with Crippen molar-refractivity contribution in [1.29, 1.82) is 0 Å². The minimum Gasteiger partial charge on any atom is -0.350 e. The summed E-state index contributed by atoms with van der Waals surface area (Å²) in [7, 11) is 4.20. The normalized spacial score (nSPS) is 15.1. The van der Waals surface area contributed by atoms with E-state index in [1.165, 1.54) is 33.4 Å². The topological polar surface area (TPSA) is 53.7 Å². The van der Waals surface area contributed by atoms with Crippen LogP contribution in [0.4, 0.5) is 17.1 Å². The number of aromatic nitrogens is 2. The first-order chi connectivity index (χ1) is 44.9. The molecule has 4 heterocycles. The van der Waals surface area contributed by atoms with Gasteiger partial charge in [0.1, 0.15) is 0 Å². The van der Waals surface area contributed by atoms with E-state index in [0.717, 1.165) is 126 Å². The molecule has 0 bridgehead atoms. The van der Waals surface area contributed by atoms with Crippen molar-refractivity contribution in [3.63, 3.8) is 0 Å². The zero-order valence-electron chi connectivity index (χ0n) is 53.6. The quantitative estimate of drug-likeness (QED) is 0.102. The molecule has 2 aromatic heterocycles. The fourth-order valence-corrected chi connectivity index (χ4v) is 16.2. The highest BCUT2D eigenvalue weighted by molar-refractivity contribution is 6.32. The van der Waals surface area contributed by atoms with Crippen LogP contribution in [-0.2, 0) is 60.4 Å². The van der Waals surface area contributed by atoms with Gasteiger partial charge in [0.05, 0.1) is 39.1 Å². The number of hydrogen-bond acceptors (Lipinski definition) is 3. The summed E-state index contributed by atoms with van der Waals surface area (Å²) in [6, 6.07) is 83.5. The van der Waals surface area contributed by atoms with Crippen molar-refractivity contribution in [2.24, 2.45) is 14.1 Å². The van der Waals surface area contributed by atoms with Crippen molar-refractivity contribution < 1.29 is 9.59 Å². The largest absolute Gasteiger partial charge is 0.350 e. The molecule has 10 aromatic carbocycles. The molecule has 0 spiro atoms. The Bertz CT molecular complexity index is 4570. The average Bonchev–Trinajstić information content (AvgIpc) is 1.50. The lowest BCUT2D eigenvalue weighted by Gasteiger charge is -2.42. The lowest BCUT2D eigenvalue weighted by Crippen LogP contribution is -2.46. The number of aryl methyl sites for hydroxylation is 6. The van der Waals surface area contributed by atoms with E-state index >= 15 is 9.59 Å². The highest BCUT2D eigenvalue weighted by Crippen LogP contribution is 2.62. The second-order valence-corrected chi connectivity index (χ2v) is 25.8. The summed E-state index contributed by atoms with van der Waals surface area (Å²) in [5.41, 5.74) is 23.7. The molecule has 0 saturated carbocycles. The molecule has 0 N–H and O–H groups in total. The van der Waals surface area contributed by atoms with Crippen LogP contribution in [-0.4, -0.2) is 30.7 Å². The van der Waals surface area contributed by atoms with Gasteiger partial charge in [-0.1, -0.05) is 216 Å². The Balaban J connectivity index is 0.968. The molecule has 2 amide bonds. The first-order valence-corrected chi connectivity index (χ1v) is 32.8. The van der Waals surface area contributed by atoms with Gasteiger partial charge in [0.2, 0.25) is 0 Å². The van der Waals surface area contributed by atoms with Gasteiger partial charge < -0.3 is 14.0 Å². The lowest BCUT2D eigenvalue weighted by atomic mass is 9.83. The van der Waals surface area contributed by atoms with E-state index in [4.69, 9.17) is 0 Å². The molecule has 450 valence electrons.